The first-order chi connectivity index (χ1) is 10.1. The van der Waals surface area contributed by atoms with Gasteiger partial charge in [0.15, 0.2) is 0 Å². The third kappa shape index (κ3) is 4.12. The first-order valence-corrected chi connectivity index (χ1v) is 6.39. The predicted octanol–water partition coefficient (Wildman–Crippen LogP) is 1.98. The van der Waals surface area contributed by atoms with Gasteiger partial charge in [0.25, 0.3) is 5.69 Å². The number of nitro groups is 1. The van der Waals surface area contributed by atoms with Gasteiger partial charge in [-0.2, -0.15) is 0 Å². The zero-order valence-corrected chi connectivity index (χ0v) is 11.3. The largest absolute Gasteiger partial charge is 0.366 e. The summed E-state index contributed by atoms with van der Waals surface area (Å²) >= 11 is 0. The van der Waals surface area contributed by atoms with Gasteiger partial charge in [0, 0.05) is 30.8 Å². The Morgan fingerprint density at radius 2 is 1.48 bits per heavy atom. The maximum atomic E-state index is 10.9. The number of nitrogens with two attached hydrogens (primary N) is 1. The van der Waals surface area contributed by atoms with Gasteiger partial charge in [-0.1, -0.05) is 24.3 Å². The van der Waals surface area contributed by atoms with Crippen LogP contribution in [0.2, 0.25) is 0 Å². The Balaban J connectivity index is 1.86. The molecule has 0 unspecified atom stereocenters. The Hall–Kier alpha value is -2.73. The van der Waals surface area contributed by atoms with Crippen LogP contribution in [-0.4, -0.2) is 10.8 Å². The minimum atomic E-state index is -0.444. The van der Waals surface area contributed by atoms with E-state index < -0.39 is 10.8 Å². The van der Waals surface area contributed by atoms with Gasteiger partial charge < -0.3 is 11.1 Å². The van der Waals surface area contributed by atoms with Crippen LogP contribution in [0.5, 0.6) is 0 Å². The van der Waals surface area contributed by atoms with Crippen LogP contribution in [-0.2, 0) is 13.1 Å². The number of nitro benzene ring substituents is 1. The second-order valence-electron chi connectivity index (χ2n) is 4.59. The maximum Gasteiger partial charge on any atom is 0.269 e. The summed E-state index contributed by atoms with van der Waals surface area (Å²) < 4.78 is 0. The fourth-order valence-corrected chi connectivity index (χ4v) is 1.87. The molecule has 21 heavy (non-hydrogen) atoms. The topological polar surface area (TPSA) is 98.3 Å². The van der Waals surface area contributed by atoms with Gasteiger partial charge in [-0.25, -0.2) is 0 Å². The molecule has 3 N–H and O–H groups in total. The molecule has 108 valence electrons. The van der Waals surface area contributed by atoms with Crippen molar-refractivity contribution in [1.29, 1.82) is 0 Å². The van der Waals surface area contributed by atoms with Crippen LogP contribution in [0.15, 0.2) is 48.5 Å². The molecule has 0 saturated heterocycles. The van der Waals surface area contributed by atoms with Crippen molar-refractivity contribution >= 4 is 11.6 Å². The molecule has 2 aromatic carbocycles. The van der Waals surface area contributed by atoms with Crippen molar-refractivity contribution in [3.63, 3.8) is 0 Å². The lowest BCUT2D eigenvalue weighted by Crippen LogP contribution is -2.14. The second-order valence-corrected chi connectivity index (χ2v) is 4.59. The van der Waals surface area contributed by atoms with Crippen molar-refractivity contribution in [1.82, 2.24) is 5.32 Å². The summed E-state index contributed by atoms with van der Waals surface area (Å²) in [7, 11) is 0. The van der Waals surface area contributed by atoms with Gasteiger partial charge in [0.1, 0.15) is 0 Å². The standard InChI is InChI=1S/C15H15N3O3/c16-15(19)13-5-1-11(2-6-13)9-17-10-12-3-7-14(8-4-12)18(20)21/h1-8,17H,9-10H2,(H2,16,19). The van der Waals surface area contributed by atoms with Crippen molar-refractivity contribution in [3.8, 4) is 0 Å². The van der Waals surface area contributed by atoms with E-state index in [0.29, 0.717) is 18.7 Å². The van der Waals surface area contributed by atoms with E-state index >= 15 is 0 Å². The van der Waals surface area contributed by atoms with Crippen LogP contribution < -0.4 is 11.1 Å². The van der Waals surface area contributed by atoms with Crippen LogP contribution in [0, 0.1) is 10.1 Å². The van der Waals surface area contributed by atoms with Gasteiger partial charge in [-0.3, -0.25) is 14.9 Å². The van der Waals surface area contributed by atoms with Crippen LogP contribution in [0.25, 0.3) is 0 Å². The maximum absolute atomic E-state index is 10.9. The molecule has 2 rings (SSSR count). The molecule has 0 aliphatic heterocycles. The van der Waals surface area contributed by atoms with Crippen molar-refractivity contribution in [2.75, 3.05) is 0 Å². The highest BCUT2D eigenvalue weighted by molar-refractivity contribution is 5.92. The molecule has 0 spiro atoms. The normalized spacial score (nSPS) is 10.3. The zero-order valence-electron chi connectivity index (χ0n) is 11.3. The third-order valence-electron chi connectivity index (χ3n) is 3.04. The number of hydrogen-bond donors (Lipinski definition) is 2. The summed E-state index contributed by atoms with van der Waals surface area (Å²) in [4.78, 5) is 21.1. The molecule has 0 heterocycles. The van der Waals surface area contributed by atoms with E-state index in [1.807, 2.05) is 12.1 Å². The van der Waals surface area contributed by atoms with Crippen molar-refractivity contribution < 1.29 is 9.72 Å². The fourth-order valence-electron chi connectivity index (χ4n) is 1.87. The molecule has 6 heteroatoms. The van der Waals surface area contributed by atoms with E-state index in [2.05, 4.69) is 5.32 Å². The van der Waals surface area contributed by atoms with Gasteiger partial charge in [0.05, 0.1) is 4.92 Å². The highest BCUT2D eigenvalue weighted by Gasteiger charge is 2.04. The molecule has 0 bridgehead atoms. The molecule has 1 amide bonds. The molecule has 0 fully saturated rings. The summed E-state index contributed by atoms with van der Waals surface area (Å²) in [6.07, 6.45) is 0. The first-order valence-electron chi connectivity index (χ1n) is 6.39. The Bertz CT molecular complexity index is 579. The number of primary amides is 1. The molecule has 0 aliphatic carbocycles. The molecule has 0 saturated carbocycles. The highest BCUT2D eigenvalue weighted by atomic mass is 16.6. The fraction of sp³-hybridized carbons (Fsp3) is 0.133. The summed E-state index contributed by atoms with van der Waals surface area (Å²) in [6, 6.07) is 13.5. The number of carbonyl (C=O) groups excluding carboxylic acids is 1. The lowest BCUT2D eigenvalue weighted by Gasteiger charge is -2.05. The van der Waals surface area contributed by atoms with Crippen LogP contribution in [0.3, 0.4) is 0 Å². The van der Waals surface area contributed by atoms with Crippen LogP contribution in [0.4, 0.5) is 5.69 Å². The molecule has 6 nitrogen and oxygen atoms in total. The zero-order chi connectivity index (χ0) is 15.2. The molecule has 0 aliphatic rings. The molecule has 0 radical (unpaired) electrons. The van der Waals surface area contributed by atoms with Gasteiger partial charge in [0.2, 0.25) is 5.91 Å². The van der Waals surface area contributed by atoms with Crippen LogP contribution >= 0.6 is 0 Å². The first kappa shape index (κ1) is 14.7. The van der Waals surface area contributed by atoms with Gasteiger partial charge in [-0.05, 0) is 23.3 Å². The quantitative estimate of drug-likeness (QED) is 0.626. The Morgan fingerprint density at radius 3 is 1.90 bits per heavy atom. The number of non-ortho nitro benzene ring substituents is 1. The second kappa shape index (κ2) is 6.62. The van der Waals surface area contributed by atoms with Gasteiger partial charge in [-0.15, -0.1) is 0 Å². The van der Waals surface area contributed by atoms with Crippen molar-refractivity contribution in [2.24, 2.45) is 5.73 Å². The number of nitrogens with zero attached hydrogens (tertiary/aromatic N) is 1. The Labute approximate surface area is 121 Å². The number of benzene rings is 2. The minimum absolute atomic E-state index is 0.0841. The summed E-state index contributed by atoms with van der Waals surface area (Å²) in [5, 5.41) is 13.8. The Kier molecular flexibility index (Phi) is 4.63. The lowest BCUT2D eigenvalue weighted by molar-refractivity contribution is -0.384. The van der Waals surface area contributed by atoms with Crippen molar-refractivity contribution in [3.05, 3.63) is 75.3 Å². The highest BCUT2D eigenvalue weighted by Crippen LogP contribution is 2.12. The SMILES string of the molecule is NC(=O)c1ccc(CNCc2ccc([N+](=O)[O-])cc2)cc1. The number of rotatable bonds is 6. The van der Waals surface area contributed by atoms with Crippen LogP contribution in [0.1, 0.15) is 21.5 Å². The smallest absolute Gasteiger partial charge is 0.269 e. The van der Waals surface area contributed by atoms with E-state index in [0.717, 1.165) is 11.1 Å². The average Bonchev–Trinajstić information content (AvgIpc) is 2.48. The molecule has 2 aromatic rings. The van der Waals surface area contributed by atoms with E-state index in [1.165, 1.54) is 12.1 Å². The van der Waals surface area contributed by atoms with E-state index in [9.17, 15) is 14.9 Å². The summed E-state index contributed by atoms with van der Waals surface area (Å²) in [5.74, 6) is -0.444. The predicted molar refractivity (Wildman–Crippen MR) is 78.6 cm³/mol. The number of nitrogens with one attached hydrogen (secondary N) is 1. The lowest BCUT2D eigenvalue weighted by atomic mass is 10.1. The summed E-state index contributed by atoms with van der Waals surface area (Å²) in [6.45, 7) is 1.24. The van der Waals surface area contributed by atoms with E-state index in [4.69, 9.17) is 5.73 Å². The number of amides is 1. The molecule has 0 aromatic heterocycles. The average molecular weight is 285 g/mol. The Morgan fingerprint density at radius 1 is 1.00 bits per heavy atom. The van der Waals surface area contributed by atoms with Crippen molar-refractivity contribution in [2.45, 2.75) is 13.1 Å². The molecular formula is C15H15N3O3. The van der Waals surface area contributed by atoms with E-state index in [1.54, 1.807) is 24.3 Å². The monoisotopic (exact) mass is 285 g/mol. The number of carbonyl (C=O) groups is 1. The number of hydrogen-bond acceptors (Lipinski definition) is 4. The van der Waals surface area contributed by atoms with E-state index in [-0.39, 0.29) is 5.69 Å². The summed E-state index contributed by atoms with van der Waals surface area (Å²) in [5.41, 5.74) is 7.73. The third-order valence-corrected chi connectivity index (χ3v) is 3.04. The minimum Gasteiger partial charge on any atom is -0.366 e. The molecular weight excluding hydrogens is 270 g/mol. The molecule has 0 atom stereocenters. The van der Waals surface area contributed by atoms with Gasteiger partial charge >= 0.3 is 0 Å².